The third-order valence-electron chi connectivity index (χ3n) is 4.00. The number of amides is 1. The largest absolute Gasteiger partial charge is 0.496 e. The number of nitrogens with zero attached hydrogens (tertiary/aromatic N) is 2. The molecular formula is C18H21N3O6S. The summed E-state index contributed by atoms with van der Waals surface area (Å²) in [4.78, 5) is 22.8. The van der Waals surface area contributed by atoms with Crippen LogP contribution in [0.4, 0.5) is 11.4 Å². The highest BCUT2D eigenvalue weighted by Crippen LogP contribution is 2.25. The molecular weight excluding hydrogens is 386 g/mol. The van der Waals surface area contributed by atoms with Crippen molar-refractivity contribution in [1.82, 2.24) is 5.32 Å². The van der Waals surface area contributed by atoms with Crippen LogP contribution >= 0.6 is 0 Å². The lowest BCUT2D eigenvalue weighted by molar-refractivity contribution is -0.384. The van der Waals surface area contributed by atoms with Crippen LogP contribution in [0.2, 0.25) is 0 Å². The molecule has 2 aromatic carbocycles. The Bertz CT molecular complexity index is 977. The molecule has 0 aliphatic heterocycles. The van der Waals surface area contributed by atoms with Gasteiger partial charge in [-0.1, -0.05) is 24.3 Å². The molecule has 10 heteroatoms. The first-order valence-corrected chi connectivity index (χ1v) is 10.1. The highest BCUT2D eigenvalue weighted by molar-refractivity contribution is 7.92. The standard InChI is InChI=1S/C18H21N3O6S/c1-13(16-9-4-5-10-17(16)27-2)19-18(22)12-20(28(3,25)26)14-7-6-8-15(11-14)21(23)24/h4-11,13H,12H2,1-3H3,(H,19,22)/t13-/m0/s1. The highest BCUT2D eigenvalue weighted by Gasteiger charge is 2.24. The number of nitrogens with one attached hydrogen (secondary N) is 1. The van der Waals surface area contributed by atoms with E-state index in [9.17, 15) is 23.3 Å². The molecule has 0 saturated heterocycles. The lowest BCUT2D eigenvalue weighted by atomic mass is 10.1. The molecule has 0 saturated carbocycles. The van der Waals surface area contributed by atoms with Crippen LogP contribution in [0.15, 0.2) is 48.5 Å². The van der Waals surface area contributed by atoms with E-state index in [1.54, 1.807) is 31.2 Å². The number of carbonyl (C=O) groups excluding carboxylic acids is 1. The van der Waals surface area contributed by atoms with Crippen molar-refractivity contribution in [3.05, 3.63) is 64.2 Å². The maximum atomic E-state index is 12.5. The summed E-state index contributed by atoms with van der Waals surface area (Å²) in [6, 6.07) is 11.8. The molecule has 0 unspecified atom stereocenters. The third-order valence-corrected chi connectivity index (χ3v) is 5.14. The minimum Gasteiger partial charge on any atom is -0.496 e. The number of ether oxygens (including phenoxy) is 1. The molecule has 1 N–H and O–H groups in total. The van der Waals surface area contributed by atoms with E-state index in [-0.39, 0.29) is 11.4 Å². The summed E-state index contributed by atoms with van der Waals surface area (Å²) in [7, 11) is -2.33. The zero-order chi connectivity index (χ0) is 20.9. The molecule has 0 spiro atoms. The van der Waals surface area contributed by atoms with Crippen molar-refractivity contribution in [2.45, 2.75) is 13.0 Å². The SMILES string of the molecule is COc1ccccc1[C@H](C)NC(=O)CN(c1cccc([N+](=O)[O-])c1)S(C)(=O)=O. The van der Waals surface area contributed by atoms with Crippen molar-refractivity contribution in [2.24, 2.45) is 0 Å². The minimum atomic E-state index is -3.84. The third kappa shape index (κ3) is 5.19. The maximum absolute atomic E-state index is 12.5. The van der Waals surface area contributed by atoms with Crippen molar-refractivity contribution < 1.29 is 22.9 Å². The van der Waals surface area contributed by atoms with Gasteiger partial charge in [0.2, 0.25) is 15.9 Å². The normalized spacial score (nSPS) is 12.1. The van der Waals surface area contributed by atoms with Gasteiger partial charge in [0.05, 0.1) is 30.0 Å². The Morgan fingerprint density at radius 2 is 1.93 bits per heavy atom. The van der Waals surface area contributed by atoms with Crippen molar-refractivity contribution >= 4 is 27.3 Å². The number of sulfonamides is 1. The van der Waals surface area contributed by atoms with Gasteiger partial charge in [-0.15, -0.1) is 0 Å². The molecule has 0 aromatic heterocycles. The summed E-state index contributed by atoms with van der Waals surface area (Å²) in [5, 5.41) is 13.7. The fraction of sp³-hybridized carbons (Fsp3) is 0.278. The molecule has 1 atom stereocenters. The van der Waals surface area contributed by atoms with E-state index in [1.807, 2.05) is 0 Å². The van der Waals surface area contributed by atoms with Crippen LogP contribution in [0.3, 0.4) is 0 Å². The summed E-state index contributed by atoms with van der Waals surface area (Å²) in [6.45, 7) is 1.23. The average Bonchev–Trinajstić information content (AvgIpc) is 2.65. The topological polar surface area (TPSA) is 119 Å². The highest BCUT2D eigenvalue weighted by atomic mass is 32.2. The number of benzene rings is 2. The number of nitro groups is 1. The molecule has 0 aliphatic carbocycles. The second-order valence-corrected chi connectivity index (χ2v) is 7.98. The smallest absolute Gasteiger partial charge is 0.271 e. The van der Waals surface area contributed by atoms with Gasteiger partial charge in [-0.3, -0.25) is 19.2 Å². The van der Waals surface area contributed by atoms with Crippen molar-refractivity contribution in [3.8, 4) is 5.75 Å². The Hall–Kier alpha value is -3.14. The Morgan fingerprint density at radius 3 is 2.54 bits per heavy atom. The first kappa shape index (κ1) is 21.2. The molecule has 0 aliphatic rings. The minimum absolute atomic E-state index is 0.0387. The number of carbonyl (C=O) groups is 1. The second kappa shape index (κ2) is 8.70. The van der Waals surface area contributed by atoms with Crippen LogP contribution in [0.5, 0.6) is 5.75 Å². The fourth-order valence-corrected chi connectivity index (χ4v) is 3.53. The van der Waals surface area contributed by atoms with Crippen LogP contribution in [0.25, 0.3) is 0 Å². The molecule has 28 heavy (non-hydrogen) atoms. The Balaban J connectivity index is 2.22. The van der Waals surface area contributed by atoms with Gasteiger partial charge < -0.3 is 10.1 Å². The van der Waals surface area contributed by atoms with Crippen LogP contribution in [0, 0.1) is 10.1 Å². The lowest BCUT2D eigenvalue weighted by Crippen LogP contribution is -2.41. The van der Waals surface area contributed by atoms with Gasteiger partial charge in [0.1, 0.15) is 12.3 Å². The number of methoxy groups -OCH3 is 1. The van der Waals surface area contributed by atoms with Gasteiger partial charge in [0.15, 0.2) is 0 Å². The number of anilines is 1. The molecule has 2 aromatic rings. The van der Waals surface area contributed by atoms with Crippen molar-refractivity contribution in [2.75, 3.05) is 24.2 Å². The molecule has 150 valence electrons. The fourth-order valence-electron chi connectivity index (χ4n) is 2.68. The number of hydrogen-bond acceptors (Lipinski definition) is 6. The zero-order valence-electron chi connectivity index (χ0n) is 15.7. The summed E-state index contributed by atoms with van der Waals surface area (Å²) in [6.07, 6.45) is 0.933. The van der Waals surface area contributed by atoms with E-state index in [0.29, 0.717) is 5.75 Å². The predicted molar refractivity (Wildman–Crippen MR) is 105 cm³/mol. The maximum Gasteiger partial charge on any atom is 0.271 e. The van der Waals surface area contributed by atoms with E-state index < -0.39 is 33.4 Å². The molecule has 0 fully saturated rings. The van der Waals surface area contributed by atoms with Crippen molar-refractivity contribution in [1.29, 1.82) is 0 Å². The van der Waals surface area contributed by atoms with Gasteiger partial charge >= 0.3 is 0 Å². The Morgan fingerprint density at radius 1 is 1.25 bits per heavy atom. The van der Waals surface area contributed by atoms with Crippen LogP contribution < -0.4 is 14.4 Å². The number of rotatable bonds is 8. The van der Waals surface area contributed by atoms with Crippen LogP contribution in [-0.2, 0) is 14.8 Å². The quantitative estimate of drug-likeness (QED) is 0.529. The first-order valence-electron chi connectivity index (χ1n) is 8.28. The molecule has 2 rings (SSSR count). The average molecular weight is 407 g/mol. The lowest BCUT2D eigenvalue weighted by Gasteiger charge is -2.23. The molecule has 1 amide bonds. The first-order chi connectivity index (χ1) is 13.1. The molecule has 0 heterocycles. The van der Waals surface area contributed by atoms with E-state index >= 15 is 0 Å². The number of hydrogen-bond donors (Lipinski definition) is 1. The van der Waals surface area contributed by atoms with Crippen LogP contribution in [-0.4, -0.2) is 39.2 Å². The summed E-state index contributed by atoms with van der Waals surface area (Å²) < 4.78 is 30.4. The summed E-state index contributed by atoms with van der Waals surface area (Å²) in [5.41, 5.74) is 0.505. The Labute approximate surface area is 163 Å². The zero-order valence-corrected chi connectivity index (χ0v) is 16.5. The van der Waals surface area contributed by atoms with E-state index in [4.69, 9.17) is 4.74 Å². The summed E-state index contributed by atoms with van der Waals surface area (Å²) >= 11 is 0. The summed E-state index contributed by atoms with van der Waals surface area (Å²) in [5.74, 6) is 0.0318. The Kier molecular flexibility index (Phi) is 6.57. The van der Waals surface area contributed by atoms with E-state index in [1.165, 1.54) is 25.3 Å². The van der Waals surface area contributed by atoms with Gasteiger partial charge in [-0.2, -0.15) is 0 Å². The number of nitro benzene ring substituents is 1. The van der Waals surface area contributed by atoms with Gasteiger partial charge in [0, 0.05) is 17.7 Å². The van der Waals surface area contributed by atoms with E-state index in [2.05, 4.69) is 5.32 Å². The number of para-hydroxylation sites is 1. The second-order valence-electron chi connectivity index (χ2n) is 6.08. The predicted octanol–water partition coefficient (Wildman–Crippen LogP) is 2.25. The van der Waals surface area contributed by atoms with E-state index in [0.717, 1.165) is 22.2 Å². The van der Waals surface area contributed by atoms with Gasteiger partial charge in [-0.25, -0.2) is 8.42 Å². The monoisotopic (exact) mass is 407 g/mol. The molecule has 0 radical (unpaired) electrons. The van der Waals surface area contributed by atoms with Crippen LogP contribution in [0.1, 0.15) is 18.5 Å². The van der Waals surface area contributed by atoms with Crippen molar-refractivity contribution in [3.63, 3.8) is 0 Å². The number of non-ortho nitro benzene ring substituents is 1. The molecule has 0 bridgehead atoms. The van der Waals surface area contributed by atoms with Gasteiger partial charge in [-0.05, 0) is 19.1 Å². The van der Waals surface area contributed by atoms with Gasteiger partial charge in [0.25, 0.3) is 5.69 Å². The molecule has 9 nitrogen and oxygen atoms in total.